The van der Waals surface area contributed by atoms with Crippen LogP contribution >= 0.6 is 0 Å². The number of aliphatic hydroxyl groups excluding tert-OH is 1. The fourth-order valence-corrected chi connectivity index (χ4v) is 3.42. The lowest BCUT2D eigenvalue weighted by molar-refractivity contribution is 0.129. The first-order chi connectivity index (χ1) is 12.2. The second-order valence-corrected chi connectivity index (χ2v) is 6.30. The molecule has 2 atom stereocenters. The standard InChI is InChI=1S/C17H22N6O2/c1-3-25-16-11-7-8-18-15(11)21-17(22-16)20-12-9-19-23(10(12)2)13-5-4-6-14(13)24/h7-9,13-14,24H,3-6H2,1-2H3,(H2,18,20,21,22)/t13-,14-/m1/s1. The number of hydrogen-bond donors (Lipinski definition) is 3. The van der Waals surface area contributed by atoms with E-state index in [0.717, 1.165) is 41.7 Å². The number of rotatable bonds is 5. The first-order valence-corrected chi connectivity index (χ1v) is 8.64. The predicted octanol–water partition coefficient (Wildman–Crippen LogP) is 2.69. The van der Waals surface area contributed by atoms with Gasteiger partial charge in [0.1, 0.15) is 5.65 Å². The quantitative estimate of drug-likeness (QED) is 0.659. The van der Waals surface area contributed by atoms with Gasteiger partial charge in [-0.15, -0.1) is 0 Å². The van der Waals surface area contributed by atoms with E-state index < -0.39 is 0 Å². The van der Waals surface area contributed by atoms with E-state index in [1.165, 1.54) is 0 Å². The van der Waals surface area contributed by atoms with Crippen molar-refractivity contribution in [1.29, 1.82) is 0 Å². The number of aliphatic hydroxyl groups is 1. The van der Waals surface area contributed by atoms with Gasteiger partial charge in [0.25, 0.3) is 0 Å². The van der Waals surface area contributed by atoms with Crippen molar-refractivity contribution < 1.29 is 9.84 Å². The van der Waals surface area contributed by atoms with Crippen LogP contribution in [0.25, 0.3) is 11.0 Å². The van der Waals surface area contributed by atoms with E-state index >= 15 is 0 Å². The Bertz CT molecular complexity index is 887. The third-order valence-corrected chi connectivity index (χ3v) is 4.71. The van der Waals surface area contributed by atoms with Gasteiger partial charge >= 0.3 is 0 Å². The second-order valence-electron chi connectivity index (χ2n) is 6.30. The van der Waals surface area contributed by atoms with Crippen molar-refractivity contribution in [3.63, 3.8) is 0 Å². The van der Waals surface area contributed by atoms with Gasteiger partial charge < -0.3 is 20.1 Å². The van der Waals surface area contributed by atoms with E-state index in [0.29, 0.717) is 18.4 Å². The lowest BCUT2D eigenvalue weighted by atomic mass is 10.2. The third-order valence-electron chi connectivity index (χ3n) is 4.71. The number of anilines is 2. The summed E-state index contributed by atoms with van der Waals surface area (Å²) >= 11 is 0. The molecule has 1 saturated carbocycles. The SMILES string of the molecule is CCOc1nc(Nc2cnn([C@@H]3CCC[C@H]3O)c2C)nc2[nH]ccc12. The molecular weight excluding hydrogens is 320 g/mol. The van der Waals surface area contributed by atoms with Gasteiger partial charge in [0.15, 0.2) is 0 Å². The maximum atomic E-state index is 10.1. The van der Waals surface area contributed by atoms with Crippen LogP contribution < -0.4 is 10.1 Å². The molecule has 8 nitrogen and oxygen atoms in total. The van der Waals surface area contributed by atoms with Gasteiger partial charge in [-0.25, -0.2) is 0 Å². The Balaban J connectivity index is 1.64. The van der Waals surface area contributed by atoms with E-state index in [-0.39, 0.29) is 12.1 Å². The minimum absolute atomic E-state index is 0.0429. The molecule has 1 fully saturated rings. The number of aromatic amines is 1. The Hall–Kier alpha value is -2.61. The molecule has 132 valence electrons. The smallest absolute Gasteiger partial charge is 0.232 e. The van der Waals surface area contributed by atoms with Crippen LogP contribution in [-0.4, -0.2) is 42.5 Å². The zero-order valence-corrected chi connectivity index (χ0v) is 14.4. The maximum Gasteiger partial charge on any atom is 0.232 e. The molecular formula is C17H22N6O2. The van der Waals surface area contributed by atoms with Crippen LogP contribution in [-0.2, 0) is 0 Å². The molecule has 0 aromatic carbocycles. The Morgan fingerprint density at radius 1 is 1.40 bits per heavy atom. The summed E-state index contributed by atoms with van der Waals surface area (Å²) in [6, 6.07) is 1.94. The number of H-pyrrole nitrogens is 1. The summed E-state index contributed by atoms with van der Waals surface area (Å²) < 4.78 is 7.52. The molecule has 8 heteroatoms. The number of fused-ring (bicyclic) bond motifs is 1. The molecule has 0 bridgehead atoms. The number of nitrogens with zero attached hydrogens (tertiary/aromatic N) is 4. The first kappa shape index (κ1) is 15.9. The number of nitrogens with one attached hydrogen (secondary N) is 2. The van der Waals surface area contributed by atoms with Crippen LogP contribution in [0.2, 0.25) is 0 Å². The number of hydrogen-bond acceptors (Lipinski definition) is 6. The molecule has 1 aliphatic rings. The molecule has 1 aliphatic carbocycles. The van der Waals surface area contributed by atoms with E-state index in [1.54, 1.807) is 6.20 Å². The summed E-state index contributed by atoms with van der Waals surface area (Å²) in [7, 11) is 0. The highest BCUT2D eigenvalue weighted by Crippen LogP contribution is 2.33. The molecule has 0 amide bonds. The Morgan fingerprint density at radius 2 is 2.28 bits per heavy atom. The minimum Gasteiger partial charge on any atom is -0.477 e. The molecule has 0 spiro atoms. The highest BCUT2D eigenvalue weighted by molar-refractivity contribution is 5.82. The van der Waals surface area contributed by atoms with Crippen molar-refractivity contribution in [2.75, 3.05) is 11.9 Å². The largest absolute Gasteiger partial charge is 0.477 e. The van der Waals surface area contributed by atoms with Crippen molar-refractivity contribution in [2.45, 2.75) is 45.3 Å². The van der Waals surface area contributed by atoms with Crippen LogP contribution in [0.15, 0.2) is 18.5 Å². The molecule has 3 heterocycles. The molecule has 25 heavy (non-hydrogen) atoms. The molecule has 0 radical (unpaired) electrons. The Morgan fingerprint density at radius 3 is 3.04 bits per heavy atom. The summed E-state index contributed by atoms with van der Waals surface area (Å²) in [5.74, 6) is 1.00. The molecule has 3 N–H and O–H groups in total. The van der Waals surface area contributed by atoms with Gasteiger partial charge in [-0.3, -0.25) is 4.68 Å². The zero-order chi connectivity index (χ0) is 17.4. The topological polar surface area (TPSA) is 101 Å². The summed E-state index contributed by atoms with van der Waals surface area (Å²) in [5.41, 5.74) is 2.50. The van der Waals surface area contributed by atoms with E-state index in [9.17, 15) is 5.11 Å². The van der Waals surface area contributed by atoms with E-state index in [4.69, 9.17) is 4.74 Å². The highest BCUT2D eigenvalue weighted by atomic mass is 16.5. The second kappa shape index (κ2) is 6.36. The predicted molar refractivity (Wildman–Crippen MR) is 94.2 cm³/mol. The average molecular weight is 342 g/mol. The minimum atomic E-state index is -0.331. The van der Waals surface area contributed by atoms with E-state index in [2.05, 4.69) is 25.4 Å². The van der Waals surface area contributed by atoms with Crippen molar-refractivity contribution in [1.82, 2.24) is 24.7 Å². The van der Waals surface area contributed by atoms with Crippen molar-refractivity contribution in [3.8, 4) is 5.88 Å². The summed E-state index contributed by atoms with van der Waals surface area (Å²) in [4.78, 5) is 12.1. The van der Waals surface area contributed by atoms with E-state index in [1.807, 2.05) is 30.8 Å². The van der Waals surface area contributed by atoms with Crippen LogP contribution in [0.4, 0.5) is 11.6 Å². The van der Waals surface area contributed by atoms with Gasteiger partial charge in [0.05, 0.1) is 41.7 Å². The van der Waals surface area contributed by atoms with Gasteiger partial charge in [0, 0.05) is 6.20 Å². The fraction of sp³-hybridized carbons (Fsp3) is 0.471. The Kier molecular flexibility index (Phi) is 4.04. The van der Waals surface area contributed by atoms with Gasteiger partial charge in [-0.2, -0.15) is 15.1 Å². The van der Waals surface area contributed by atoms with Crippen molar-refractivity contribution in [3.05, 3.63) is 24.2 Å². The Labute approximate surface area is 145 Å². The molecule has 0 unspecified atom stereocenters. The molecule has 0 saturated heterocycles. The number of aromatic nitrogens is 5. The fourth-order valence-electron chi connectivity index (χ4n) is 3.42. The molecule has 3 aromatic heterocycles. The van der Waals surface area contributed by atoms with Gasteiger partial charge in [-0.1, -0.05) is 0 Å². The van der Waals surface area contributed by atoms with Crippen LogP contribution in [0.5, 0.6) is 5.88 Å². The first-order valence-electron chi connectivity index (χ1n) is 8.64. The summed E-state index contributed by atoms with van der Waals surface area (Å²) in [6.07, 6.45) is 6.04. The van der Waals surface area contributed by atoms with Crippen LogP contribution in [0.3, 0.4) is 0 Å². The van der Waals surface area contributed by atoms with Crippen molar-refractivity contribution in [2.24, 2.45) is 0 Å². The molecule has 4 rings (SSSR count). The van der Waals surface area contributed by atoms with Crippen molar-refractivity contribution >= 4 is 22.7 Å². The lowest BCUT2D eigenvalue weighted by Gasteiger charge is -2.17. The monoisotopic (exact) mass is 342 g/mol. The molecule has 0 aliphatic heterocycles. The van der Waals surface area contributed by atoms with Crippen LogP contribution in [0.1, 0.15) is 37.9 Å². The lowest BCUT2D eigenvalue weighted by Crippen LogP contribution is -2.20. The maximum absolute atomic E-state index is 10.1. The zero-order valence-electron chi connectivity index (χ0n) is 14.4. The van der Waals surface area contributed by atoms with Crippen LogP contribution in [0, 0.1) is 6.92 Å². The van der Waals surface area contributed by atoms with Gasteiger partial charge in [0.2, 0.25) is 11.8 Å². The highest BCUT2D eigenvalue weighted by Gasteiger charge is 2.29. The average Bonchev–Trinajstić information content (AvgIpc) is 3.30. The normalized spacial score (nSPS) is 20.3. The third kappa shape index (κ3) is 2.82. The molecule has 3 aromatic rings. The number of ether oxygens (including phenoxy) is 1. The van der Waals surface area contributed by atoms with Gasteiger partial charge in [-0.05, 0) is 39.2 Å². The summed E-state index contributed by atoms with van der Waals surface area (Å²) in [6.45, 7) is 4.44. The summed E-state index contributed by atoms with van der Waals surface area (Å²) in [5, 5.41) is 18.7.